The van der Waals surface area contributed by atoms with Gasteiger partial charge in [0, 0.05) is 0 Å². The molecule has 0 fully saturated rings. The van der Waals surface area contributed by atoms with Gasteiger partial charge in [-0.15, -0.1) is 0 Å². The first-order valence-corrected chi connectivity index (χ1v) is 7.43. The molecule has 0 saturated heterocycles. The number of benzene rings is 1. The van der Waals surface area contributed by atoms with Crippen LogP contribution in [0.1, 0.15) is 51.7 Å². The van der Waals surface area contributed by atoms with Gasteiger partial charge in [0.15, 0.2) is 0 Å². The first kappa shape index (κ1) is 14.2. The minimum Gasteiger partial charge on any atom is -0.405 e. The fourth-order valence-corrected chi connectivity index (χ4v) is 3.55. The molecule has 0 amide bonds. The van der Waals surface area contributed by atoms with Gasteiger partial charge in [0.2, 0.25) is 0 Å². The molecule has 104 valence electrons. The number of fused-ring (bicyclic) bond motifs is 1. The first-order valence-electron chi connectivity index (χ1n) is 7.43. The standard InChI is InChI=1S/C18H27N/c1-13(2)16(12-19)10-14-9-15-7-5-6-8-17(15)18(3,4)11-14/h5-8,12-14H,9-11,19H2,1-4H3/b16-12-. The summed E-state index contributed by atoms with van der Waals surface area (Å²) in [5.41, 5.74) is 10.5. The minimum absolute atomic E-state index is 0.288. The van der Waals surface area contributed by atoms with Crippen molar-refractivity contribution in [1.82, 2.24) is 0 Å². The molecule has 1 heteroatoms. The van der Waals surface area contributed by atoms with Crippen LogP contribution < -0.4 is 5.73 Å². The van der Waals surface area contributed by atoms with Crippen LogP contribution in [0.15, 0.2) is 36.0 Å². The zero-order valence-corrected chi connectivity index (χ0v) is 12.7. The van der Waals surface area contributed by atoms with Gasteiger partial charge in [-0.2, -0.15) is 0 Å². The number of hydrogen-bond acceptors (Lipinski definition) is 1. The second-order valence-corrected chi connectivity index (χ2v) is 6.92. The summed E-state index contributed by atoms with van der Waals surface area (Å²) in [4.78, 5) is 0. The van der Waals surface area contributed by atoms with E-state index in [9.17, 15) is 0 Å². The van der Waals surface area contributed by atoms with Crippen LogP contribution in [-0.4, -0.2) is 0 Å². The Hall–Kier alpha value is -1.24. The maximum atomic E-state index is 5.79. The Morgan fingerprint density at radius 1 is 1.37 bits per heavy atom. The molecule has 19 heavy (non-hydrogen) atoms. The fraction of sp³-hybridized carbons (Fsp3) is 0.556. The van der Waals surface area contributed by atoms with E-state index in [-0.39, 0.29) is 5.41 Å². The van der Waals surface area contributed by atoms with Crippen molar-refractivity contribution in [1.29, 1.82) is 0 Å². The van der Waals surface area contributed by atoms with E-state index in [1.165, 1.54) is 29.5 Å². The van der Waals surface area contributed by atoms with Crippen molar-refractivity contribution < 1.29 is 0 Å². The van der Waals surface area contributed by atoms with Crippen LogP contribution >= 0.6 is 0 Å². The smallest absolute Gasteiger partial charge is 0.00677 e. The van der Waals surface area contributed by atoms with E-state index in [0.717, 1.165) is 12.3 Å². The van der Waals surface area contributed by atoms with Gasteiger partial charge in [-0.3, -0.25) is 0 Å². The Balaban J connectivity index is 2.21. The third-order valence-electron chi connectivity index (χ3n) is 4.53. The molecule has 0 aliphatic heterocycles. The quantitative estimate of drug-likeness (QED) is 0.852. The van der Waals surface area contributed by atoms with Crippen LogP contribution in [0.3, 0.4) is 0 Å². The van der Waals surface area contributed by atoms with Crippen LogP contribution in [0.25, 0.3) is 0 Å². The Morgan fingerprint density at radius 2 is 2.05 bits per heavy atom. The predicted molar refractivity (Wildman–Crippen MR) is 83.0 cm³/mol. The molecule has 1 aliphatic rings. The summed E-state index contributed by atoms with van der Waals surface area (Å²) >= 11 is 0. The maximum Gasteiger partial charge on any atom is -0.00677 e. The van der Waals surface area contributed by atoms with E-state index in [1.807, 2.05) is 6.20 Å². The molecule has 2 rings (SSSR count). The van der Waals surface area contributed by atoms with Crippen LogP contribution in [0, 0.1) is 11.8 Å². The fourth-order valence-electron chi connectivity index (χ4n) is 3.55. The van der Waals surface area contributed by atoms with Crippen LogP contribution in [0.5, 0.6) is 0 Å². The molecule has 0 spiro atoms. The highest BCUT2D eigenvalue weighted by molar-refractivity contribution is 5.36. The summed E-state index contributed by atoms with van der Waals surface area (Å²) in [6.45, 7) is 9.22. The molecule has 0 radical (unpaired) electrons. The topological polar surface area (TPSA) is 26.0 Å². The summed E-state index contributed by atoms with van der Waals surface area (Å²) in [7, 11) is 0. The third-order valence-corrected chi connectivity index (χ3v) is 4.53. The Labute approximate surface area is 117 Å². The van der Waals surface area contributed by atoms with Gasteiger partial charge >= 0.3 is 0 Å². The van der Waals surface area contributed by atoms with Gasteiger partial charge in [-0.1, -0.05) is 57.5 Å². The first-order chi connectivity index (χ1) is 8.94. The van der Waals surface area contributed by atoms with E-state index in [2.05, 4.69) is 52.0 Å². The largest absolute Gasteiger partial charge is 0.405 e. The maximum absolute atomic E-state index is 5.79. The summed E-state index contributed by atoms with van der Waals surface area (Å²) in [5.74, 6) is 1.28. The molecule has 0 aromatic heterocycles. The van der Waals surface area contributed by atoms with Gasteiger partial charge < -0.3 is 5.73 Å². The van der Waals surface area contributed by atoms with Crippen molar-refractivity contribution in [2.24, 2.45) is 17.6 Å². The normalized spacial score (nSPS) is 22.4. The average molecular weight is 257 g/mol. The number of rotatable bonds is 3. The predicted octanol–water partition coefficient (Wildman–Crippen LogP) is 4.42. The average Bonchev–Trinajstić information content (AvgIpc) is 2.35. The molecule has 1 nitrogen and oxygen atoms in total. The number of nitrogens with two attached hydrogens (primary N) is 1. The molecule has 0 saturated carbocycles. The monoisotopic (exact) mass is 257 g/mol. The molecule has 1 atom stereocenters. The summed E-state index contributed by atoms with van der Waals surface area (Å²) in [5, 5.41) is 0. The summed E-state index contributed by atoms with van der Waals surface area (Å²) in [6.07, 6.45) is 5.43. The lowest BCUT2D eigenvalue weighted by Crippen LogP contribution is -2.30. The van der Waals surface area contributed by atoms with Crippen molar-refractivity contribution in [3.8, 4) is 0 Å². The van der Waals surface area contributed by atoms with Crippen LogP contribution in [-0.2, 0) is 11.8 Å². The number of hydrogen-bond donors (Lipinski definition) is 1. The van der Waals surface area contributed by atoms with Gasteiger partial charge in [-0.25, -0.2) is 0 Å². The molecule has 1 aliphatic carbocycles. The molecule has 0 bridgehead atoms. The lowest BCUT2D eigenvalue weighted by Gasteiger charge is -2.38. The van der Waals surface area contributed by atoms with Crippen molar-refractivity contribution in [2.75, 3.05) is 0 Å². The van der Waals surface area contributed by atoms with Crippen LogP contribution in [0.4, 0.5) is 0 Å². The van der Waals surface area contributed by atoms with E-state index in [4.69, 9.17) is 5.73 Å². The van der Waals surface area contributed by atoms with Crippen molar-refractivity contribution in [3.63, 3.8) is 0 Å². The third kappa shape index (κ3) is 3.02. The van der Waals surface area contributed by atoms with E-state index in [1.54, 1.807) is 0 Å². The van der Waals surface area contributed by atoms with E-state index < -0.39 is 0 Å². The van der Waals surface area contributed by atoms with Gasteiger partial charge in [0.05, 0.1) is 0 Å². The Bertz CT molecular complexity index is 468. The highest BCUT2D eigenvalue weighted by Crippen LogP contribution is 2.41. The van der Waals surface area contributed by atoms with Crippen molar-refractivity contribution in [3.05, 3.63) is 47.2 Å². The molecular formula is C18H27N. The molecule has 1 aromatic rings. The summed E-state index contributed by atoms with van der Waals surface area (Å²) in [6, 6.07) is 8.93. The van der Waals surface area contributed by atoms with Crippen molar-refractivity contribution in [2.45, 2.75) is 52.4 Å². The molecule has 1 aromatic carbocycles. The molecule has 0 heterocycles. The van der Waals surface area contributed by atoms with E-state index >= 15 is 0 Å². The SMILES string of the molecule is CC(C)/C(=C\N)CC1Cc2ccccc2C(C)(C)C1. The van der Waals surface area contributed by atoms with Gasteiger partial charge in [0.25, 0.3) is 0 Å². The van der Waals surface area contributed by atoms with Gasteiger partial charge in [0.1, 0.15) is 0 Å². The van der Waals surface area contributed by atoms with Crippen LogP contribution in [0.2, 0.25) is 0 Å². The molecule has 2 N–H and O–H groups in total. The zero-order chi connectivity index (χ0) is 14.0. The molecule has 1 unspecified atom stereocenters. The molecular weight excluding hydrogens is 230 g/mol. The summed E-state index contributed by atoms with van der Waals surface area (Å²) < 4.78 is 0. The lowest BCUT2D eigenvalue weighted by atomic mass is 9.67. The zero-order valence-electron chi connectivity index (χ0n) is 12.7. The Morgan fingerprint density at radius 3 is 2.68 bits per heavy atom. The second kappa shape index (κ2) is 5.40. The highest BCUT2D eigenvalue weighted by atomic mass is 14.5. The number of allylic oxidation sites excluding steroid dienone is 1. The highest BCUT2D eigenvalue weighted by Gasteiger charge is 2.32. The Kier molecular flexibility index (Phi) is 4.03. The second-order valence-electron chi connectivity index (χ2n) is 6.92. The van der Waals surface area contributed by atoms with E-state index in [0.29, 0.717) is 5.92 Å². The minimum atomic E-state index is 0.288. The van der Waals surface area contributed by atoms with Gasteiger partial charge in [-0.05, 0) is 53.8 Å². The van der Waals surface area contributed by atoms with Crippen molar-refractivity contribution >= 4 is 0 Å². The lowest BCUT2D eigenvalue weighted by molar-refractivity contribution is 0.321.